The topological polar surface area (TPSA) is 0 Å². The van der Waals surface area contributed by atoms with Gasteiger partial charge in [0, 0.05) is 0 Å². The van der Waals surface area contributed by atoms with Gasteiger partial charge in [-0.05, 0) is 64.7 Å². The van der Waals surface area contributed by atoms with Gasteiger partial charge in [0.1, 0.15) is 0 Å². The molecule has 22 heavy (non-hydrogen) atoms. The summed E-state index contributed by atoms with van der Waals surface area (Å²) in [7, 11) is 0. The Morgan fingerprint density at radius 1 is 1.00 bits per heavy atom. The van der Waals surface area contributed by atoms with Gasteiger partial charge in [-0.1, -0.05) is 74.8 Å². The number of rotatable bonds is 11. The van der Waals surface area contributed by atoms with Crippen molar-refractivity contribution in [3.63, 3.8) is 0 Å². The summed E-state index contributed by atoms with van der Waals surface area (Å²) < 4.78 is 0. The van der Waals surface area contributed by atoms with E-state index in [0.717, 1.165) is 19.3 Å². The van der Waals surface area contributed by atoms with E-state index in [1.807, 2.05) is 0 Å². The monoisotopic (exact) mass is 302 g/mol. The van der Waals surface area contributed by atoms with Crippen LogP contribution in [0.25, 0.3) is 0 Å². The predicted octanol–water partition coefficient (Wildman–Crippen LogP) is 7.79. The molecule has 0 aromatic carbocycles. The summed E-state index contributed by atoms with van der Waals surface area (Å²) in [6.07, 6.45) is 17.5. The molecule has 126 valence electrons. The van der Waals surface area contributed by atoms with E-state index in [4.69, 9.17) is 0 Å². The van der Waals surface area contributed by atoms with Gasteiger partial charge in [-0.25, -0.2) is 0 Å². The minimum absolute atomic E-state index is 0.292. The molecule has 0 nitrogen and oxygen atoms in total. The molecule has 0 unspecified atom stereocenters. The average molecular weight is 303 g/mol. The molecule has 0 atom stereocenters. The molecule has 0 fully saturated rings. The van der Waals surface area contributed by atoms with E-state index in [1.54, 1.807) is 0 Å². The number of hydrogen-bond acceptors (Lipinski definition) is 0. The summed E-state index contributed by atoms with van der Waals surface area (Å²) >= 11 is 0. The minimum Gasteiger partial charge on any atom is -0.0995 e. The van der Waals surface area contributed by atoms with Gasteiger partial charge in [-0.15, -0.1) is 0 Å². The molecule has 0 N–H and O–H groups in total. The number of allylic oxidation sites excluding steroid dienone is 7. The van der Waals surface area contributed by atoms with Gasteiger partial charge in [0.05, 0.1) is 0 Å². The molecular formula is C22H38. The fourth-order valence-corrected chi connectivity index (χ4v) is 2.26. The Morgan fingerprint density at radius 3 is 2.27 bits per heavy atom. The molecule has 0 amide bonds. The highest BCUT2D eigenvalue weighted by molar-refractivity contribution is 5.09. The van der Waals surface area contributed by atoms with Crippen LogP contribution in [0.1, 0.15) is 86.5 Å². The van der Waals surface area contributed by atoms with Crippen molar-refractivity contribution in [2.24, 2.45) is 5.41 Å². The summed E-state index contributed by atoms with van der Waals surface area (Å²) in [6.45, 7) is 17.7. The van der Waals surface area contributed by atoms with Gasteiger partial charge in [-0.2, -0.15) is 0 Å². The SMILES string of the molecule is C=C(C/C=C(\C)CCC=C(C)C)CCC(C)(C)/C=C/CCC. The zero-order valence-corrected chi connectivity index (χ0v) is 16.0. The van der Waals surface area contributed by atoms with Crippen molar-refractivity contribution in [1.82, 2.24) is 0 Å². The van der Waals surface area contributed by atoms with Gasteiger partial charge < -0.3 is 0 Å². The summed E-state index contributed by atoms with van der Waals surface area (Å²) in [6, 6.07) is 0. The highest BCUT2D eigenvalue weighted by atomic mass is 14.2. The average Bonchev–Trinajstić information content (AvgIpc) is 2.43. The second-order valence-electron chi connectivity index (χ2n) is 7.50. The van der Waals surface area contributed by atoms with Crippen molar-refractivity contribution in [3.05, 3.63) is 47.6 Å². The molecule has 0 spiro atoms. The highest BCUT2D eigenvalue weighted by Crippen LogP contribution is 2.27. The van der Waals surface area contributed by atoms with E-state index in [-0.39, 0.29) is 0 Å². The molecule has 0 saturated carbocycles. The predicted molar refractivity (Wildman–Crippen MR) is 103 cm³/mol. The third-order valence-electron chi connectivity index (χ3n) is 3.98. The van der Waals surface area contributed by atoms with Crippen molar-refractivity contribution in [3.8, 4) is 0 Å². The second-order valence-corrected chi connectivity index (χ2v) is 7.50. The number of unbranched alkanes of at least 4 members (excludes halogenated alkanes) is 1. The highest BCUT2D eigenvalue weighted by Gasteiger charge is 2.13. The second kappa shape index (κ2) is 11.5. The first-order chi connectivity index (χ1) is 10.3. The van der Waals surface area contributed by atoms with Crippen molar-refractivity contribution in [2.45, 2.75) is 86.5 Å². The Labute approximate surface area is 140 Å². The molecule has 0 aliphatic heterocycles. The van der Waals surface area contributed by atoms with E-state index in [0.29, 0.717) is 5.41 Å². The molecule has 0 heteroatoms. The maximum atomic E-state index is 4.25. The van der Waals surface area contributed by atoms with Crippen LogP contribution in [0.15, 0.2) is 47.6 Å². The normalized spacial score (nSPS) is 12.7. The standard InChI is InChI=1S/C22H38/c1-8-9-10-17-22(6,7)18-16-21(5)15-14-20(4)13-11-12-19(2)3/h10,12,14,17H,5,8-9,11,13,15-16,18H2,1-4,6-7H3/b17-10+,20-14+. The molecule has 0 aliphatic carbocycles. The van der Waals surface area contributed by atoms with E-state index in [1.165, 1.54) is 42.4 Å². The lowest BCUT2D eigenvalue weighted by Crippen LogP contribution is -2.07. The Hall–Kier alpha value is -1.04. The summed E-state index contributed by atoms with van der Waals surface area (Å²) in [5.74, 6) is 0. The molecular weight excluding hydrogens is 264 g/mol. The summed E-state index contributed by atoms with van der Waals surface area (Å²) in [5.41, 5.74) is 4.55. The van der Waals surface area contributed by atoms with E-state index >= 15 is 0 Å². The lowest BCUT2D eigenvalue weighted by Gasteiger charge is -2.20. The third-order valence-corrected chi connectivity index (χ3v) is 3.98. The lowest BCUT2D eigenvalue weighted by atomic mass is 9.85. The van der Waals surface area contributed by atoms with E-state index in [9.17, 15) is 0 Å². The van der Waals surface area contributed by atoms with Gasteiger partial charge in [-0.3, -0.25) is 0 Å². The van der Waals surface area contributed by atoms with Gasteiger partial charge >= 0.3 is 0 Å². The molecule has 0 bridgehead atoms. The third kappa shape index (κ3) is 12.7. The molecule has 0 heterocycles. The Kier molecular flexibility index (Phi) is 11.0. The minimum atomic E-state index is 0.292. The van der Waals surface area contributed by atoms with Crippen molar-refractivity contribution in [1.29, 1.82) is 0 Å². The van der Waals surface area contributed by atoms with Crippen LogP contribution in [0.2, 0.25) is 0 Å². The molecule has 0 radical (unpaired) electrons. The fraction of sp³-hybridized carbons (Fsp3) is 0.636. The quantitative estimate of drug-likeness (QED) is 0.342. The zero-order chi connectivity index (χ0) is 17.0. The largest absolute Gasteiger partial charge is 0.0995 e. The Bertz CT molecular complexity index is 398. The van der Waals surface area contributed by atoms with E-state index in [2.05, 4.69) is 72.4 Å². The Morgan fingerprint density at radius 2 is 1.68 bits per heavy atom. The smallest absolute Gasteiger partial charge is 0.0139 e. The first-order valence-electron chi connectivity index (χ1n) is 8.90. The zero-order valence-electron chi connectivity index (χ0n) is 16.0. The maximum absolute atomic E-state index is 4.25. The summed E-state index contributed by atoms with van der Waals surface area (Å²) in [4.78, 5) is 0. The van der Waals surface area contributed by atoms with Crippen LogP contribution in [0.4, 0.5) is 0 Å². The first kappa shape index (κ1) is 21.0. The summed E-state index contributed by atoms with van der Waals surface area (Å²) in [5, 5.41) is 0. The van der Waals surface area contributed by atoms with E-state index < -0.39 is 0 Å². The van der Waals surface area contributed by atoms with Crippen LogP contribution in [-0.4, -0.2) is 0 Å². The van der Waals surface area contributed by atoms with Crippen LogP contribution in [0.3, 0.4) is 0 Å². The van der Waals surface area contributed by atoms with Crippen LogP contribution < -0.4 is 0 Å². The molecule has 0 aromatic heterocycles. The van der Waals surface area contributed by atoms with Gasteiger partial charge in [0.25, 0.3) is 0 Å². The molecule has 0 aromatic rings. The maximum Gasteiger partial charge on any atom is -0.0139 e. The molecule has 0 rings (SSSR count). The van der Waals surface area contributed by atoms with Crippen molar-refractivity contribution in [2.75, 3.05) is 0 Å². The molecule has 0 saturated heterocycles. The van der Waals surface area contributed by atoms with Crippen molar-refractivity contribution < 1.29 is 0 Å². The fourth-order valence-electron chi connectivity index (χ4n) is 2.26. The Balaban J connectivity index is 4.10. The number of hydrogen-bond donors (Lipinski definition) is 0. The van der Waals surface area contributed by atoms with Gasteiger partial charge in [0.2, 0.25) is 0 Å². The first-order valence-corrected chi connectivity index (χ1v) is 8.90. The van der Waals surface area contributed by atoms with Gasteiger partial charge in [0.15, 0.2) is 0 Å². The van der Waals surface area contributed by atoms with Crippen LogP contribution in [-0.2, 0) is 0 Å². The van der Waals surface area contributed by atoms with Crippen LogP contribution in [0.5, 0.6) is 0 Å². The van der Waals surface area contributed by atoms with Crippen molar-refractivity contribution >= 4 is 0 Å². The lowest BCUT2D eigenvalue weighted by molar-refractivity contribution is 0.435. The van der Waals surface area contributed by atoms with Crippen LogP contribution >= 0.6 is 0 Å². The molecule has 0 aliphatic rings. The van der Waals surface area contributed by atoms with Crippen LogP contribution in [0, 0.1) is 5.41 Å².